The van der Waals surface area contributed by atoms with E-state index in [1.165, 1.54) is 5.69 Å². The molecule has 0 saturated heterocycles. The summed E-state index contributed by atoms with van der Waals surface area (Å²) in [7, 11) is 2.08. The first-order chi connectivity index (χ1) is 10.5. The van der Waals surface area contributed by atoms with E-state index < -0.39 is 0 Å². The number of benzene rings is 1. The van der Waals surface area contributed by atoms with Gasteiger partial charge in [0.25, 0.3) is 5.91 Å². The lowest BCUT2D eigenvalue weighted by molar-refractivity contribution is 0.0731. The molecular formula is C17H20BrN3O. The fraction of sp³-hybridized carbons (Fsp3) is 0.412. The largest absolute Gasteiger partial charge is 0.334 e. The standard InChI is InChI=1S/C17H20BrN3O/c1-11(2)16-19-14-10-21(9-8-15(14)20(16)3)17(22)12-4-6-13(18)7-5-12/h4-7,11H,8-10H2,1-3H3. The highest BCUT2D eigenvalue weighted by Gasteiger charge is 2.26. The highest BCUT2D eigenvalue weighted by molar-refractivity contribution is 9.10. The van der Waals surface area contributed by atoms with Crippen molar-refractivity contribution in [1.82, 2.24) is 14.5 Å². The van der Waals surface area contributed by atoms with Crippen LogP contribution in [-0.4, -0.2) is 26.9 Å². The van der Waals surface area contributed by atoms with Crippen molar-refractivity contribution in [2.45, 2.75) is 32.7 Å². The Hall–Kier alpha value is -1.62. The van der Waals surface area contributed by atoms with Gasteiger partial charge in [-0.3, -0.25) is 4.79 Å². The fourth-order valence-corrected chi connectivity index (χ4v) is 3.28. The number of hydrogen-bond donors (Lipinski definition) is 0. The summed E-state index contributed by atoms with van der Waals surface area (Å²) in [5.74, 6) is 1.57. The van der Waals surface area contributed by atoms with E-state index in [2.05, 4.69) is 41.4 Å². The average Bonchev–Trinajstić information content (AvgIpc) is 2.84. The van der Waals surface area contributed by atoms with Gasteiger partial charge in [-0.05, 0) is 24.3 Å². The number of halogens is 1. The van der Waals surface area contributed by atoms with E-state index in [1.54, 1.807) is 0 Å². The van der Waals surface area contributed by atoms with Crippen LogP contribution in [0.25, 0.3) is 0 Å². The molecule has 1 aliphatic rings. The molecule has 1 aromatic carbocycles. The van der Waals surface area contributed by atoms with Crippen LogP contribution in [0.3, 0.4) is 0 Å². The number of imidazole rings is 1. The fourth-order valence-electron chi connectivity index (χ4n) is 3.01. The number of aromatic nitrogens is 2. The number of carbonyl (C=O) groups is 1. The molecule has 0 unspecified atom stereocenters. The van der Waals surface area contributed by atoms with E-state index in [4.69, 9.17) is 4.98 Å². The molecule has 22 heavy (non-hydrogen) atoms. The summed E-state index contributed by atoms with van der Waals surface area (Å²) in [5.41, 5.74) is 3.04. The van der Waals surface area contributed by atoms with E-state index in [0.29, 0.717) is 12.5 Å². The zero-order valence-corrected chi connectivity index (χ0v) is 14.7. The molecule has 0 saturated carbocycles. The van der Waals surface area contributed by atoms with E-state index in [-0.39, 0.29) is 5.91 Å². The Kier molecular flexibility index (Phi) is 4.08. The van der Waals surface area contributed by atoms with Crippen LogP contribution in [0.2, 0.25) is 0 Å². The van der Waals surface area contributed by atoms with Crippen molar-refractivity contribution in [3.63, 3.8) is 0 Å². The first-order valence-corrected chi connectivity index (χ1v) is 8.36. The molecule has 0 bridgehead atoms. The van der Waals surface area contributed by atoms with Crippen LogP contribution in [0, 0.1) is 0 Å². The van der Waals surface area contributed by atoms with E-state index in [0.717, 1.165) is 34.5 Å². The van der Waals surface area contributed by atoms with Crippen LogP contribution in [0.5, 0.6) is 0 Å². The summed E-state index contributed by atoms with van der Waals surface area (Å²) in [6.45, 7) is 5.65. The summed E-state index contributed by atoms with van der Waals surface area (Å²) >= 11 is 3.40. The SMILES string of the molecule is CC(C)c1nc2c(n1C)CCN(C(=O)c1ccc(Br)cc1)C2. The first kappa shape index (κ1) is 15.3. The maximum atomic E-state index is 12.6. The van der Waals surface area contributed by atoms with Gasteiger partial charge >= 0.3 is 0 Å². The van der Waals surface area contributed by atoms with Gasteiger partial charge < -0.3 is 9.47 Å². The van der Waals surface area contributed by atoms with Gasteiger partial charge in [0, 0.05) is 41.7 Å². The molecule has 0 atom stereocenters. The van der Waals surface area contributed by atoms with Crippen molar-refractivity contribution in [3.8, 4) is 0 Å². The lowest BCUT2D eigenvalue weighted by Gasteiger charge is -2.27. The quantitative estimate of drug-likeness (QED) is 0.820. The Bertz CT molecular complexity index is 703. The molecule has 0 fully saturated rings. The Morgan fingerprint density at radius 2 is 1.95 bits per heavy atom. The summed E-state index contributed by atoms with van der Waals surface area (Å²) in [4.78, 5) is 19.3. The van der Waals surface area contributed by atoms with Gasteiger partial charge in [0.15, 0.2) is 0 Å². The Balaban J connectivity index is 1.83. The van der Waals surface area contributed by atoms with Gasteiger partial charge in [0.1, 0.15) is 5.82 Å². The van der Waals surface area contributed by atoms with Gasteiger partial charge in [0.05, 0.1) is 12.2 Å². The number of rotatable bonds is 2. The third kappa shape index (κ3) is 2.70. The molecule has 1 amide bonds. The van der Waals surface area contributed by atoms with Gasteiger partial charge in [-0.15, -0.1) is 0 Å². The van der Waals surface area contributed by atoms with Crippen molar-refractivity contribution in [2.75, 3.05) is 6.54 Å². The maximum absolute atomic E-state index is 12.6. The second-order valence-corrected chi connectivity index (χ2v) is 6.98. The number of carbonyl (C=O) groups excluding carboxylic acids is 1. The molecule has 0 aliphatic carbocycles. The van der Waals surface area contributed by atoms with Crippen molar-refractivity contribution in [3.05, 3.63) is 51.5 Å². The zero-order chi connectivity index (χ0) is 15.9. The lowest BCUT2D eigenvalue weighted by Crippen LogP contribution is -2.36. The predicted octanol–water partition coefficient (Wildman–Crippen LogP) is 3.50. The van der Waals surface area contributed by atoms with Crippen LogP contribution >= 0.6 is 15.9 Å². The molecule has 0 N–H and O–H groups in total. The second kappa shape index (κ2) is 5.88. The van der Waals surface area contributed by atoms with Gasteiger partial charge in [-0.2, -0.15) is 0 Å². The van der Waals surface area contributed by atoms with Crippen LogP contribution in [0.1, 0.15) is 47.3 Å². The van der Waals surface area contributed by atoms with Crippen molar-refractivity contribution < 1.29 is 4.79 Å². The predicted molar refractivity (Wildman–Crippen MR) is 89.9 cm³/mol. The minimum Gasteiger partial charge on any atom is -0.334 e. The topological polar surface area (TPSA) is 38.1 Å². The number of hydrogen-bond acceptors (Lipinski definition) is 2. The molecule has 116 valence electrons. The minimum absolute atomic E-state index is 0.0786. The van der Waals surface area contributed by atoms with Crippen LogP contribution in [0.15, 0.2) is 28.7 Å². The summed E-state index contributed by atoms with van der Waals surface area (Å²) in [6, 6.07) is 7.53. The van der Waals surface area contributed by atoms with Crippen LogP contribution in [-0.2, 0) is 20.0 Å². The molecular weight excluding hydrogens is 342 g/mol. The molecule has 0 radical (unpaired) electrons. The molecule has 3 rings (SSSR count). The molecule has 2 heterocycles. The lowest BCUT2D eigenvalue weighted by atomic mass is 10.1. The highest BCUT2D eigenvalue weighted by atomic mass is 79.9. The van der Waals surface area contributed by atoms with Crippen molar-refractivity contribution in [2.24, 2.45) is 7.05 Å². The van der Waals surface area contributed by atoms with Gasteiger partial charge in [-0.25, -0.2) is 4.98 Å². The molecule has 1 aromatic heterocycles. The van der Waals surface area contributed by atoms with Gasteiger partial charge in [0.2, 0.25) is 0 Å². The molecule has 2 aromatic rings. The van der Waals surface area contributed by atoms with Crippen molar-refractivity contribution >= 4 is 21.8 Å². The Morgan fingerprint density at radius 1 is 1.27 bits per heavy atom. The normalized spacial score (nSPS) is 14.3. The van der Waals surface area contributed by atoms with E-state index in [1.807, 2.05) is 29.2 Å². The second-order valence-electron chi connectivity index (χ2n) is 6.06. The summed E-state index contributed by atoms with van der Waals surface area (Å²) in [5, 5.41) is 0. The number of fused-ring (bicyclic) bond motifs is 1. The minimum atomic E-state index is 0.0786. The summed E-state index contributed by atoms with van der Waals surface area (Å²) < 4.78 is 3.18. The monoisotopic (exact) mass is 361 g/mol. The smallest absolute Gasteiger partial charge is 0.254 e. The number of nitrogens with zero attached hydrogens (tertiary/aromatic N) is 3. The molecule has 4 nitrogen and oxygen atoms in total. The first-order valence-electron chi connectivity index (χ1n) is 7.56. The van der Waals surface area contributed by atoms with Crippen LogP contribution in [0.4, 0.5) is 0 Å². The Morgan fingerprint density at radius 3 is 2.59 bits per heavy atom. The highest BCUT2D eigenvalue weighted by Crippen LogP contribution is 2.24. The summed E-state index contributed by atoms with van der Waals surface area (Å²) in [6.07, 6.45) is 0.869. The molecule has 0 spiro atoms. The van der Waals surface area contributed by atoms with Crippen LogP contribution < -0.4 is 0 Å². The zero-order valence-electron chi connectivity index (χ0n) is 13.1. The van der Waals surface area contributed by atoms with E-state index >= 15 is 0 Å². The third-order valence-electron chi connectivity index (χ3n) is 4.19. The number of amides is 1. The molecule has 5 heteroatoms. The Labute approximate surface area is 139 Å². The molecule has 1 aliphatic heterocycles. The van der Waals surface area contributed by atoms with Gasteiger partial charge in [-0.1, -0.05) is 29.8 Å². The maximum Gasteiger partial charge on any atom is 0.254 e. The third-order valence-corrected chi connectivity index (χ3v) is 4.71. The van der Waals surface area contributed by atoms with Crippen molar-refractivity contribution in [1.29, 1.82) is 0 Å². The van der Waals surface area contributed by atoms with E-state index in [9.17, 15) is 4.79 Å². The average molecular weight is 362 g/mol.